The molecule has 33 heavy (non-hydrogen) atoms. The average Bonchev–Trinajstić information content (AvgIpc) is 3.05. The van der Waals surface area contributed by atoms with Gasteiger partial charge in [-0.15, -0.1) is 0 Å². The fourth-order valence-electron chi connectivity index (χ4n) is 3.78. The quantitative estimate of drug-likeness (QED) is 0.211. The van der Waals surface area contributed by atoms with Crippen molar-refractivity contribution < 1.29 is 19.1 Å². The average molecular weight is 460 g/mol. The van der Waals surface area contributed by atoms with Gasteiger partial charge < -0.3 is 9.30 Å². The number of amides is 2. The summed E-state index contributed by atoms with van der Waals surface area (Å²) < 4.78 is 7.09. The molecule has 4 rings (SSSR count). The zero-order valence-corrected chi connectivity index (χ0v) is 19.1. The number of aryl methyl sites for hydroxylation is 1. The molecule has 7 nitrogen and oxygen atoms in total. The van der Waals surface area contributed by atoms with Gasteiger partial charge in [-0.25, -0.2) is 0 Å². The molecule has 0 bridgehead atoms. The number of ether oxygens (including phenoxy) is 1. The van der Waals surface area contributed by atoms with E-state index in [9.17, 15) is 14.4 Å². The van der Waals surface area contributed by atoms with E-state index in [1.54, 1.807) is 42.5 Å². The van der Waals surface area contributed by atoms with Gasteiger partial charge in [0.15, 0.2) is 5.11 Å². The minimum Gasteiger partial charge on any atom is -0.427 e. The van der Waals surface area contributed by atoms with Gasteiger partial charge in [0.2, 0.25) is 0 Å². The van der Waals surface area contributed by atoms with Gasteiger partial charge in [-0.05, 0) is 80.2 Å². The highest BCUT2D eigenvalue weighted by atomic mass is 32.1. The number of esters is 1. The van der Waals surface area contributed by atoms with Crippen LogP contribution in [0.4, 0.5) is 5.69 Å². The molecular weight excluding hydrogens is 438 g/mol. The third kappa shape index (κ3) is 4.33. The molecule has 3 aromatic rings. The summed E-state index contributed by atoms with van der Waals surface area (Å²) >= 11 is 5.24. The maximum Gasteiger partial charge on any atom is 0.308 e. The smallest absolute Gasteiger partial charge is 0.308 e. The maximum atomic E-state index is 13.2. The van der Waals surface area contributed by atoms with Crippen LogP contribution in [0, 0.1) is 13.8 Å². The Bertz CT molecular complexity index is 1310. The molecule has 2 aromatic carbocycles. The largest absolute Gasteiger partial charge is 0.427 e. The summed E-state index contributed by atoms with van der Waals surface area (Å²) in [6.07, 6.45) is 1.58. The highest BCUT2D eigenvalue weighted by Crippen LogP contribution is 2.27. The van der Waals surface area contributed by atoms with E-state index in [1.165, 1.54) is 11.8 Å². The van der Waals surface area contributed by atoms with Crippen molar-refractivity contribution in [2.24, 2.45) is 0 Å². The summed E-state index contributed by atoms with van der Waals surface area (Å²) in [6, 6.07) is 17.9. The van der Waals surface area contributed by atoms with Crippen LogP contribution in [0.3, 0.4) is 0 Å². The van der Waals surface area contributed by atoms with Crippen LogP contribution in [0.25, 0.3) is 11.8 Å². The number of thiocarbonyl (C=S) groups is 1. The number of nitrogens with zero attached hydrogens (tertiary/aromatic N) is 2. The Morgan fingerprint density at radius 1 is 1.00 bits per heavy atom. The van der Waals surface area contributed by atoms with Crippen molar-refractivity contribution in [2.45, 2.75) is 20.8 Å². The summed E-state index contributed by atoms with van der Waals surface area (Å²) in [5.41, 5.74) is 3.93. The first-order chi connectivity index (χ1) is 15.8. The Morgan fingerprint density at radius 2 is 1.67 bits per heavy atom. The molecule has 0 radical (unpaired) electrons. The molecule has 1 saturated heterocycles. The zero-order valence-electron chi connectivity index (χ0n) is 18.3. The monoisotopic (exact) mass is 459 g/mol. The second-order valence-corrected chi connectivity index (χ2v) is 7.93. The summed E-state index contributed by atoms with van der Waals surface area (Å²) in [5, 5.41) is 2.65. The van der Waals surface area contributed by atoms with Gasteiger partial charge in [0.05, 0.1) is 5.69 Å². The Hall–Kier alpha value is -4.04. The van der Waals surface area contributed by atoms with E-state index >= 15 is 0 Å². The van der Waals surface area contributed by atoms with E-state index in [2.05, 4.69) is 5.32 Å². The van der Waals surface area contributed by atoms with Crippen molar-refractivity contribution in [3.05, 3.63) is 83.2 Å². The zero-order chi connectivity index (χ0) is 23.7. The van der Waals surface area contributed by atoms with Crippen LogP contribution >= 0.6 is 12.2 Å². The topological polar surface area (TPSA) is 80.6 Å². The second-order valence-electron chi connectivity index (χ2n) is 7.54. The molecular formula is C25H21N3O4S. The Balaban J connectivity index is 1.70. The minimum atomic E-state index is -0.535. The number of rotatable bonds is 4. The van der Waals surface area contributed by atoms with Crippen LogP contribution in [0.1, 0.15) is 23.9 Å². The van der Waals surface area contributed by atoms with Gasteiger partial charge in [0, 0.05) is 24.0 Å². The van der Waals surface area contributed by atoms with Crippen LogP contribution in [-0.4, -0.2) is 27.5 Å². The van der Waals surface area contributed by atoms with Crippen LogP contribution in [-0.2, 0) is 14.4 Å². The Morgan fingerprint density at radius 3 is 2.30 bits per heavy atom. The minimum absolute atomic E-state index is 0.00194. The van der Waals surface area contributed by atoms with Gasteiger partial charge in [-0.2, -0.15) is 0 Å². The number of benzene rings is 2. The number of hydrogen-bond donors (Lipinski definition) is 1. The molecule has 8 heteroatoms. The van der Waals surface area contributed by atoms with Crippen molar-refractivity contribution in [1.29, 1.82) is 0 Å². The summed E-state index contributed by atoms with van der Waals surface area (Å²) in [5.74, 6) is -0.944. The molecule has 166 valence electrons. The molecule has 1 fully saturated rings. The standard InChI is InChI=1S/C25H21N3O4S/c1-15-13-18(16(2)27(15)20-9-11-21(12-10-20)32-17(3)29)14-22-23(30)26-25(33)28(24(22)31)19-7-5-4-6-8-19/h4-14H,1-3H3,(H,26,30,33)/b22-14+. The van der Waals surface area contributed by atoms with E-state index in [4.69, 9.17) is 17.0 Å². The molecule has 2 amide bonds. The first-order valence-electron chi connectivity index (χ1n) is 10.2. The SMILES string of the molecule is CC(=O)Oc1ccc(-n2c(C)cc(/C=C3\C(=O)NC(=S)N(c4ccccc4)C3=O)c2C)cc1. The normalized spacial score (nSPS) is 15.1. The lowest BCUT2D eigenvalue weighted by atomic mass is 10.1. The fraction of sp³-hybridized carbons (Fsp3) is 0.120. The Labute approximate surface area is 196 Å². The van der Waals surface area contributed by atoms with Gasteiger partial charge >= 0.3 is 5.97 Å². The van der Waals surface area contributed by atoms with Crippen LogP contribution in [0.2, 0.25) is 0 Å². The molecule has 0 aliphatic carbocycles. The lowest BCUT2D eigenvalue weighted by Crippen LogP contribution is -2.54. The van der Waals surface area contributed by atoms with Crippen LogP contribution in [0.15, 0.2) is 66.2 Å². The third-order valence-electron chi connectivity index (χ3n) is 5.24. The number of carbonyl (C=O) groups is 3. The molecule has 1 aliphatic heterocycles. The first-order valence-corrected chi connectivity index (χ1v) is 10.6. The molecule has 0 spiro atoms. The predicted molar refractivity (Wildman–Crippen MR) is 129 cm³/mol. The second kappa shape index (κ2) is 8.84. The molecule has 0 saturated carbocycles. The third-order valence-corrected chi connectivity index (χ3v) is 5.53. The van der Waals surface area contributed by atoms with E-state index in [1.807, 2.05) is 42.7 Å². The Kier molecular flexibility index (Phi) is 5.93. The highest BCUT2D eigenvalue weighted by molar-refractivity contribution is 7.80. The number of carbonyl (C=O) groups excluding carboxylic acids is 3. The summed E-state index contributed by atoms with van der Waals surface area (Å²) in [7, 11) is 0. The highest BCUT2D eigenvalue weighted by Gasteiger charge is 2.34. The summed E-state index contributed by atoms with van der Waals surface area (Å²) in [6.45, 7) is 5.19. The van der Waals surface area contributed by atoms with E-state index in [0.29, 0.717) is 11.4 Å². The number of para-hydroxylation sites is 1. The van der Waals surface area contributed by atoms with Gasteiger partial charge in [-0.1, -0.05) is 18.2 Å². The number of aromatic nitrogens is 1. The molecule has 1 aliphatic rings. The van der Waals surface area contributed by atoms with E-state index in [0.717, 1.165) is 22.6 Å². The summed E-state index contributed by atoms with van der Waals surface area (Å²) in [4.78, 5) is 38.3. The predicted octanol–water partition coefficient (Wildman–Crippen LogP) is 3.85. The molecule has 1 aromatic heterocycles. The lowest BCUT2D eigenvalue weighted by Gasteiger charge is -2.28. The fourth-order valence-corrected chi connectivity index (χ4v) is 4.07. The van der Waals surface area contributed by atoms with Crippen LogP contribution in [0.5, 0.6) is 5.75 Å². The maximum absolute atomic E-state index is 13.2. The van der Waals surface area contributed by atoms with E-state index < -0.39 is 11.8 Å². The molecule has 0 atom stereocenters. The van der Waals surface area contributed by atoms with E-state index in [-0.39, 0.29) is 16.7 Å². The number of hydrogen-bond acceptors (Lipinski definition) is 5. The number of nitrogens with one attached hydrogen (secondary N) is 1. The molecule has 2 heterocycles. The van der Waals surface area contributed by atoms with Crippen molar-refractivity contribution in [3.8, 4) is 11.4 Å². The van der Waals surface area contributed by atoms with Gasteiger partial charge in [-0.3, -0.25) is 24.6 Å². The van der Waals surface area contributed by atoms with Crippen molar-refractivity contribution in [3.63, 3.8) is 0 Å². The molecule has 1 N–H and O–H groups in total. The first kappa shape index (κ1) is 22.2. The molecule has 0 unspecified atom stereocenters. The van der Waals surface area contributed by atoms with Crippen molar-refractivity contribution in [1.82, 2.24) is 9.88 Å². The van der Waals surface area contributed by atoms with Crippen LogP contribution < -0.4 is 15.0 Å². The van der Waals surface area contributed by atoms with Crippen molar-refractivity contribution in [2.75, 3.05) is 4.90 Å². The lowest BCUT2D eigenvalue weighted by molar-refractivity contribution is -0.132. The van der Waals surface area contributed by atoms with Gasteiger partial charge in [0.25, 0.3) is 11.8 Å². The van der Waals surface area contributed by atoms with Crippen molar-refractivity contribution >= 4 is 46.9 Å². The number of anilines is 1. The van der Waals surface area contributed by atoms with Gasteiger partial charge in [0.1, 0.15) is 11.3 Å².